The van der Waals surface area contributed by atoms with Gasteiger partial charge in [0.1, 0.15) is 12.6 Å². The van der Waals surface area contributed by atoms with Gasteiger partial charge in [-0.2, -0.15) is 5.10 Å². The molecule has 25 heavy (non-hydrogen) atoms. The average molecular weight is 338 g/mol. The van der Waals surface area contributed by atoms with Crippen LogP contribution >= 0.6 is 0 Å². The largest absolute Gasteiger partial charge is 0.418 e. The number of nitrogens with zero attached hydrogens (tertiary/aromatic N) is 6. The lowest BCUT2D eigenvalue weighted by molar-refractivity contribution is -0.136. The summed E-state index contributed by atoms with van der Waals surface area (Å²) in [5, 5.41) is 12.4. The third-order valence-corrected chi connectivity index (χ3v) is 4.33. The molecule has 3 aromatic heterocycles. The minimum atomic E-state index is -0.181. The summed E-state index contributed by atoms with van der Waals surface area (Å²) in [6.45, 7) is 0.909. The number of amides is 1. The van der Waals surface area contributed by atoms with Crippen LogP contribution in [-0.2, 0) is 11.3 Å². The first kappa shape index (κ1) is 15.5. The maximum atomic E-state index is 12.7. The van der Waals surface area contributed by atoms with Crippen molar-refractivity contribution in [2.24, 2.45) is 0 Å². The highest BCUT2D eigenvalue weighted by atomic mass is 16.4. The Hall–Kier alpha value is -3.03. The zero-order valence-corrected chi connectivity index (χ0v) is 13.7. The summed E-state index contributed by atoms with van der Waals surface area (Å²) < 4.78 is 7.49. The van der Waals surface area contributed by atoms with E-state index < -0.39 is 0 Å². The first-order chi connectivity index (χ1) is 12.3. The highest BCUT2D eigenvalue weighted by molar-refractivity contribution is 5.76. The second kappa shape index (κ2) is 6.84. The van der Waals surface area contributed by atoms with Gasteiger partial charge in [0, 0.05) is 36.9 Å². The zero-order chi connectivity index (χ0) is 17.1. The molecular weight excluding hydrogens is 320 g/mol. The average Bonchev–Trinajstić information content (AvgIpc) is 3.34. The number of carbonyl (C=O) groups is 1. The summed E-state index contributed by atoms with van der Waals surface area (Å²) in [5.41, 5.74) is 0.818. The Morgan fingerprint density at radius 3 is 2.88 bits per heavy atom. The van der Waals surface area contributed by atoms with Crippen molar-refractivity contribution in [2.75, 3.05) is 6.54 Å². The van der Waals surface area contributed by atoms with E-state index in [0.717, 1.165) is 24.8 Å². The third kappa shape index (κ3) is 3.28. The number of hydrogen-bond donors (Lipinski definition) is 0. The van der Waals surface area contributed by atoms with Gasteiger partial charge in [0.15, 0.2) is 0 Å². The van der Waals surface area contributed by atoms with Crippen LogP contribution in [0.2, 0.25) is 0 Å². The molecule has 1 aliphatic heterocycles. The van der Waals surface area contributed by atoms with Crippen molar-refractivity contribution in [3.8, 4) is 11.5 Å². The quantitative estimate of drug-likeness (QED) is 0.723. The predicted octanol–water partition coefficient (Wildman–Crippen LogP) is 2.08. The van der Waals surface area contributed by atoms with Gasteiger partial charge in [0.05, 0.1) is 0 Å². The molecule has 1 atom stereocenters. The SMILES string of the molecule is O=C(Cn1cccn1)N1CCCCC1c1nnc(-c2ccncc2)o1. The molecule has 0 N–H and O–H groups in total. The van der Waals surface area contributed by atoms with Crippen LogP contribution in [0.3, 0.4) is 0 Å². The van der Waals surface area contributed by atoms with Gasteiger partial charge in [-0.3, -0.25) is 14.5 Å². The van der Waals surface area contributed by atoms with E-state index in [0.29, 0.717) is 18.3 Å². The smallest absolute Gasteiger partial charge is 0.247 e. The highest BCUT2D eigenvalue weighted by Gasteiger charge is 2.32. The molecule has 8 nitrogen and oxygen atoms in total. The fraction of sp³-hybridized carbons (Fsp3) is 0.353. The summed E-state index contributed by atoms with van der Waals surface area (Å²) >= 11 is 0. The van der Waals surface area contributed by atoms with Gasteiger partial charge in [0.25, 0.3) is 0 Å². The van der Waals surface area contributed by atoms with Gasteiger partial charge in [-0.05, 0) is 37.5 Å². The van der Waals surface area contributed by atoms with Crippen LogP contribution in [0.1, 0.15) is 31.2 Å². The molecule has 8 heteroatoms. The van der Waals surface area contributed by atoms with Crippen molar-refractivity contribution in [3.63, 3.8) is 0 Å². The molecule has 1 amide bonds. The Labute approximate surface area is 144 Å². The van der Waals surface area contributed by atoms with Crippen LogP contribution in [0.5, 0.6) is 0 Å². The van der Waals surface area contributed by atoms with Gasteiger partial charge < -0.3 is 9.32 Å². The van der Waals surface area contributed by atoms with Gasteiger partial charge in [-0.1, -0.05) is 0 Å². The van der Waals surface area contributed by atoms with Crippen LogP contribution in [0.15, 0.2) is 47.4 Å². The van der Waals surface area contributed by atoms with E-state index in [2.05, 4.69) is 20.3 Å². The topological polar surface area (TPSA) is 89.9 Å². The first-order valence-electron chi connectivity index (χ1n) is 8.32. The van der Waals surface area contributed by atoms with Crippen molar-refractivity contribution in [1.82, 2.24) is 29.9 Å². The van der Waals surface area contributed by atoms with Crippen LogP contribution in [0.25, 0.3) is 11.5 Å². The second-order valence-electron chi connectivity index (χ2n) is 5.98. The van der Waals surface area contributed by atoms with Crippen LogP contribution in [0.4, 0.5) is 0 Å². The summed E-state index contributed by atoms with van der Waals surface area (Å²) in [5.74, 6) is 0.944. The lowest BCUT2D eigenvalue weighted by Gasteiger charge is -2.33. The molecule has 1 saturated heterocycles. The van der Waals surface area contributed by atoms with Crippen molar-refractivity contribution >= 4 is 5.91 Å². The van der Waals surface area contributed by atoms with E-state index in [9.17, 15) is 4.79 Å². The summed E-state index contributed by atoms with van der Waals surface area (Å²) in [7, 11) is 0. The first-order valence-corrected chi connectivity index (χ1v) is 8.32. The van der Waals surface area contributed by atoms with Gasteiger partial charge in [-0.15, -0.1) is 10.2 Å². The van der Waals surface area contributed by atoms with Crippen molar-refractivity contribution in [3.05, 3.63) is 48.9 Å². The molecule has 0 bridgehead atoms. The fourth-order valence-electron chi connectivity index (χ4n) is 3.09. The molecule has 3 aromatic rings. The zero-order valence-electron chi connectivity index (χ0n) is 13.7. The third-order valence-electron chi connectivity index (χ3n) is 4.33. The number of likely N-dealkylation sites (tertiary alicyclic amines) is 1. The molecule has 0 aliphatic carbocycles. The molecular formula is C17H18N6O2. The lowest BCUT2D eigenvalue weighted by Crippen LogP contribution is -2.40. The Kier molecular flexibility index (Phi) is 4.24. The van der Waals surface area contributed by atoms with Crippen molar-refractivity contribution < 1.29 is 9.21 Å². The highest BCUT2D eigenvalue weighted by Crippen LogP contribution is 2.31. The van der Waals surface area contributed by atoms with E-state index >= 15 is 0 Å². The van der Waals surface area contributed by atoms with E-state index in [1.165, 1.54) is 0 Å². The van der Waals surface area contributed by atoms with Crippen LogP contribution in [-0.4, -0.2) is 42.3 Å². The van der Waals surface area contributed by atoms with Gasteiger partial charge >= 0.3 is 0 Å². The number of piperidine rings is 1. The molecule has 0 aromatic carbocycles. The minimum Gasteiger partial charge on any atom is -0.418 e. The second-order valence-corrected chi connectivity index (χ2v) is 5.98. The molecule has 1 unspecified atom stereocenters. The summed E-state index contributed by atoms with van der Waals surface area (Å²) in [6, 6.07) is 5.26. The molecule has 0 saturated carbocycles. The molecule has 4 rings (SSSR count). The molecule has 128 valence electrons. The molecule has 1 fully saturated rings. The van der Waals surface area contributed by atoms with Crippen LogP contribution < -0.4 is 0 Å². The molecule has 0 spiro atoms. The van der Waals surface area contributed by atoms with Gasteiger partial charge in [-0.25, -0.2) is 0 Å². The molecule has 1 aliphatic rings. The Bertz CT molecular complexity index is 830. The summed E-state index contributed by atoms with van der Waals surface area (Å²) in [4.78, 5) is 18.5. The monoisotopic (exact) mass is 338 g/mol. The normalized spacial score (nSPS) is 17.6. The predicted molar refractivity (Wildman–Crippen MR) is 88.1 cm³/mol. The number of hydrogen-bond acceptors (Lipinski definition) is 6. The van der Waals surface area contributed by atoms with Crippen LogP contribution in [0, 0.1) is 0 Å². The van der Waals surface area contributed by atoms with Crippen molar-refractivity contribution in [1.29, 1.82) is 0 Å². The van der Waals surface area contributed by atoms with E-state index in [-0.39, 0.29) is 18.5 Å². The van der Waals surface area contributed by atoms with E-state index in [1.54, 1.807) is 35.5 Å². The number of rotatable bonds is 4. The molecule has 4 heterocycles. The number of pyridine rings is 1. The Morgan fingerprint density at radius 1 is 1.20 bits per heavy atom. The number of aromatic nitrogens is 5. The van der Waals surface area contributed by atoms with E-state index in [1.807, 2.05) is 17.0 Å². The van der Waals surface area contributed by atoms with Crippen molar-refractivity contribution in [2.45, 2.75) is 31.8 Å². The Morgan fingerprint density at radius 2 is 2.08 bits per heavy atom. The Balaban J connectivity index is 1.55. The maximum Gasteiger partial charge on any atom is 0.247 e. The minimum absolute atomic E-state index is 0.0112. The summed E-state index contributed by atoms with van der Waals surface area (Å²) in [6.07, 6.45) is 9.64. The van der Waals surface area contributed by atoms with E-state index in [4.69, 9.17) is 4.42 Å². The maximum absolute atomic E-state index is 12.7. The van der Waals surface area contributed by atoms with Gasteiger partial charge in [0.2, 0.25) is 17.7 Å². The lowest BCUT2D eigenvalue weighted by atomic mass is 10.0. The number of carbonyl (C=O) groups excluding carboxylic acids is 1. The standard InChI is InChI=1S/C17H18N6O2/c24-15(12-22-10-3-7-19-22)23-11-2-1-4-14(23)17-21-20-16(25-17)13-5-8-18-9-6-13/h3,5-10,14H,1-2,4,11-12H2. The fourth-order valence-corrected chi connectivity index (χ4v) is 3.09. The molecule has 0 radical (unpaired) electrons.